The minimum atomic E-state index is -0.680. The zero-order chi connectivity index (χ0) is 21.5. The van der Waals surface area contributed by atoms with E-state index in [-0.39, 0.29) is 40.4 Å². The van der Waals surface area contributed by atoms with Crippen molar-refractivity contribution in [3.8, 4) is 0 Å². The number of thioether (sulfide) groups is 1. The van der Waals surface area contributed by atoms with Gasteiger partial charge >= 0.3 is 0 Å². The van der Waals surface area contributed by atoms with Gasteiger partial charge in [0.05, 0.1) is 29.2 Å². The lowest BCUT2D eigenvalue weighted by atomic mass is 9.70. The van der Waals surface area contributed by atoms with E-state index in [1.165, 1.54) is 0 Å². The fraction of sp³-hybridized carbons (Fsp3) is 0.850. The van der Waals surface area contributed by atoms with Crippen molar-refractivity contribution in [1.82, 2.24) is 15.5 Å². The molecule has 2 bridgehead atoms. The molecule has 0 aromatic heterocycles. The van der Waals surface area contributed by atoms with Crippen LogP contribution < -0.4 is 10.6 Å². The van der Waals surface area contributed by atoms with Gasteiger partial charge in [-0.2, -0.15) is 0 Å². The van der Waals surface area contributed by atoms with Gasteiger partial charge in [-0.15, -0.1) is 11.8 Å². The summed E-state index contributed by atoms with van der Waals surface area (Å²) >= 11 is 5.34. The van der Waals surface area contributed by atoms with Crippen LogP contribution in [0.25, 0.3) is 0 Å². The first-order valence-electron chi connectivity index (χ1n) is 10.5. The number of carbonyl (C=O) groups is 3. The number of carbonyl (C=O) groups excluding carboxylic acids is 3. The Labute approximate surface area is 185 Å². The SMILES string of the molecule is CCCC(C)NC(=O)C1N([C@@H](CC)CO)C(=O)[C@@H]2[C@H](C(=O)NC)[C@H]3SC12CC3Br. The second-order valence-corrected chi connectivity index (χ2v) is 11.2. The Hall–Kier alpha value is -0.800. The molecule has 0 aromatic rings. The molecule has 3 aliphatic rings. The molecule has 3 saturated heterocycles. The maximum absolute atomic E-state index is 13.6. The van der Waals surface area contributed by atoms with Crippen molar-refractivity contribution < 1.29 is 19.5 Å². The highest BCUT2D eigenvalue weighted by Gasteiger charge is 2.76. The molecule has 0 aromatic carbocycles. The number of alkyl halides is 1. The molecule has 7 nitrogen and oxygen atoms in total. The van der Waals surface area contributed by atoms with Crippen molar-refractivity contribution in [2.75, 3.05) is 13.7 Å². The summed E-state index contributed by atoms with van der Waals surface area (Å²) in [5.74, 6) is -1.50. The molecule has 3 N–H and O–H groups in total. The van der Waals surface area contributed by atoms with Crippen LogP contribution in [0.2, 0.25) is 0 Å². The number of rotatable bonds is 8. The Morgan fingerprint density at radius 1 is 1.38 bits per heavy atom. The Morgan fingerprint density at radius 2 is 2.07 bits per heavy atom. The topological polar surface area (TPSA) is 98.7 Å². The van der Waals surface area contributed by atoms with Gasteiger partial charge < -0.3 is 20.6 Å². The summed E-state index contributed by atoms with van der Waals surface area (Å²) in [6, 6.07) is -1.10. The van der Waals surface area contributed by atoms with Crippen LogP contribution in [0.15, 0.2) is 0 Å². The van der Waals surface area contributed by atoms with Crippen LogP contribution in [-0.2, 0) is 14.4 Å². The number of likely N-dealkylation sites (tertiary alicyclic amines) is 1. The second kappa shape index (κ2) is 8.75. The van der Waals surface area contributed by atoms with Crippen LogP contribution in [0.5, 0.6) is 0 Å². The average Bonchev–Trinajstić information content (AvgIpc) is 3.26. The van der Waals surface area contributed by atoms with Gasteiger partial charge in [-0.05, 0) is 26.2 Å². The zero-order valence-corrected chi connectivity index (χ0v) is 19.9. The molecular formula is C20H32BrN3O4S. The molecule has 3 heterocycles. The van der Waals surface area contributed by atoms with Crippen LogP contribution in [0.1, 0.15) is 46.5 Å². The third-order valence-corrected chi connectivity index (χ3v) is 9.93. The molecule has 3 rings (SSSR count). The summed E-state index contributed by atoms with van der Waals surface area (Å²) in [5.41, 5.74) is 0. The molecule has 0 aliphatic carbocycles. The Morgan fingerprint density at radius 3 is 2.62 bits per heavy atom. The van der Waals surface area contributed by atoms with Gasteiger partial charge in [-0.3, -0.25) is 14.4 Å². The van der Waals surface area contributed by atoms with Gasteiger partial charge in [-0.25, -0.2) is 0 Å². The molecule has 4 unspecified atom stereocenters. The van der Waals surface area contributed by atoms with Crippen LogP contribution in [-0.4, -0.2) is 74.3 Å². The number of hydrogen-bond acceptors (Lipinski definition) is 5. The highest BCUT2D eigenvalue weighted by atomic mass is 79.9. The van der Waals surface area contributed by atoms with Crippen molar-refractivity contribution in [2.24, 2.45) is 11.8 Å². The molecule has 0 radical (unpaired) electrons. The minimum absolute atomic E-state index is 0.00668. The number of fused-ring (bicyclic) bond motifs is 1. The molecule has 1 spiro atoms. The summed E-state index contributed by atoms with van der Waals surface area (Å²) in [5, 5.41) is 15.7. The third-order valence-electron chi connectivity index (χ3n) is 6.71. The Kier molecular flexibility index (Phi) is 6.90. The maximum atomic E-state index is 13.6. The van der Waals surface area contributed by atoms with Gasteiger partial charge in [0.1, 0.15) is 6.04 Å². The summed E-state index contributed by atoms with van der Waals surface area (Å²) in [4.78, 5) is 41.5. The van der Waals surface area contributed by atoms with Crippen LogP contribution in [0.4, 0.5) is 0 Å². The number of nitrogens with one attached hydrogen (secondary N) is 2. The lowest BCUT2D eigenvalue weighted by Gasteiger charge is -2.37. The predicted octanol–water partition coefficient (Wildman–Crippen LogP) is 1.27. The van der Waals surface area contributed by atoms with Gasteiger partial charge in [0, 0.05) is 23.2 Å². The van der Waals surface area contributed by atoms with Gasteiger partial charge in [0.15, 0.2) is 0 Å². The van der Waals surface area contributed by atoms with Crippen molar-refractivity contribution in [3.63, 3.8) is 0 Å². The maximum Gasteiger partial charge on any atom is 0.244 e. The lowest BCUT2D eigenvalue weighted by Crippen LogP contribution is -2.58. The van der Waals surface area contributed by atoms with E-state index in [1.54, 1.807) is 23.7 Å². The molecule has 3 fully saturated rings. The van der Waals surface area contributed by atoms with Crippen LogP contribution in [0.3, 0.4) is 0 Å². The first-order valence-corrected chi connectivity index (χ1v) is 12.3. The smallest absolute Gasteiger partial charge is 0.244 e. The van der Waals surface area contributed by atoms with E-state index in [2.05, 4.69) is 33.5 Å². The highest BCUT2D eigenvalue weighted by Crippen LogP contribution is 2.67. The van der Waals surface area contributed by atoms with Gasteiger partial charge in [-0.1, -0.05) is 36.2 Å². The van der Waals surface area contributed by atoms with Crippen molar-refractivity contribution in [2.45, 2.75) is 79.4 Å². The Balaban J connectivity index is 2.04. The molecule has 3 aliphatic heterocycles. The van der Waals surface area contributed by atoms with Gasteiger partial charge in [0.2, 0.25) is 17.7 Å². The number of hydrogen-bond donors (Lipinski definition) is 3. The fourth-order valence-electron chi connectivity index (χ4n) is 5.47. The summed E-state index contributed by atoms with van der Waals surface area (Å²) in [6.07, 6.45) is 3.02. The quantitative estimate of drug-likeness (QED) is 0.446. The number of aliphatic hydroxyl groups excluding tert-OH is 1. The normalized spacial score (nSPS) is 37.4. The summed E-state index contributed by atoms with van der Waals surface area (Å²) in [6.45, 7) is 5.75. The molecule has 8 atom stereocenters. The number of halogens is 1. The first-order chi connectivity index (χ1) is 13.8. The number of nitrogens with zero attached hydrogens (tertiary/aromatic N) is 1. The fourth-order valence-corrected chi connectivity index (χ4v) is 9.07. The minimum Gasteiger partial charge on any atom is -0.394 e. The van der Waals surface area contributed by atoms with E-state index in [1.807, 2.05) is 13.8 Å². The molecule has 29 heavy (non-hydrogen) atoms. The first kappa shape index (κ1) is 22.9. The predicted molar refractivity (Wildman–Crippen MR) is 117 cm³/mol. The van der Waals surface area contributed by atoms with E-state index in [0.717, 1.165) is 12.8 Å². The van der Waals surface area contributed by atoms with Crippen molar-refractivity contribution in [1.29, 1.82) is 0 Å². The molecule has 9 heteroatoms. The standard InChI is InChI=1S/C20H32BrN3O4S/c1-5-7-10(3)23-18(27)16-20-8-12(21)15(29-20)13(17(26)22-4)14(20)19(28)24(16)11(6-2)9-25/h10-16,25H,5-9H2,1-4H3,(H,22,26)(H,23,27)/t10?,11-,12?,13-,14-,15-,16?,20?/m0/s1. The molecule has 0 saturated carbocycles. The molecular weight excluding hydrogens is 458 g/mol. The monoisotopic (exact) mass is 489 g/mol. The van der Waals surface area contributed by atoms with Crippen LogP contribution in [0, 0.1) is 11.8 Å². The number of amides is 3. The summed E-state index contributed by atoms with van der Waals surface area (Å²) in [7, 11) is 1.59. The van der Waals surface area contributed by atoms with E-state index in [9.17, 15) is 19.5 Å². The number of aliphatic hydroxyl groups is 1. The third kappa shape index (κ3) is 3.51. The Bertz CT molecular complexity index is 676. The van der Waals surface area contributed by atoms with Crippen LogP contribution >= 0.6 is 27.7 Å². The molecule has 3 amide bonds. The van der Waals surface area contributed by atoms with Crippen molar-refractivity contribution >= 4 is 45.4 Å². The van der Waals surface area contributed by atoms with E-state index >= 15 is 0 Å². The second-order valence-electron chi connectivity index (χ2n) is 8.47. The van der Waals surface area contributed by atoms with E-state index < -0.39 is 28.7 Å². The zero-order valence-electron chi connectivity index (χ0n) is 17.5. The lowest BCUT2D eigenvalue weighted by molar-refractivity contribution is -0.142. The van der Waals surface area contributed by atoms with Crippen molar-refractivity contribution in [3.05, 3.63) is 0 Å². The van der Waals surface area contributed by atoms with Gasteiger partial charge in [0.25, 0.3) is 0 Å². The highest BCUT2D eigenvalue weighted by molar-refractivity contribution is 9.09. The van der Waals surface area contributed by atoms with E-state index in [0.29, 0.717) is 12.8 Å². The average molecular weight is 490 g/mol. The van der Waals surface area contributed by atoms with E-state index in [4.69, 9.17) is 0 Å². The molecule has 164 valence electrons. The summed E-state index contributed by atoms with van der Waals surface area (Å²) < 4.78 is -0.647. The largest absolute Gasteiger partial charge is 0.394 e.